The molecule has 0 N–H and O–H groups in total. The van der Waals surface area contributed by atoms with Gasteiger partial charge in [0, 0.05) is 25.7 Å². The normalized spacial score (nSPS) is 27.3. The van der Waals surface area contributed by atoms with Gasteiger partial charge in [-0.05, 0) is 44.8 Å². The van der Waals surface area contributed by atoms with Crippen LogP contribution in [0, 0.1) is 0 Å². The molecule has 6 heteroatoms. The van der Waals surface area contributed by atoms with E-state index in [0.29, 0.717) is 22.5 Å². The minimum Gasteiger partial charge on any atom is -0.335 e. The standard InChI is InChI=1S/C17H23Cl2N3O/c1-20(2)15-5-6-21-7-8-22(16(15)11-21)17(23)10-12-3-4-13(18)14(19)9-12/h3-4,9,15-16H,5-8,10-11H2,1-2H3/t15-,16?/m0/s1. The van der Waals surface area contributed by atoms with Gasteiger partial charge in [0.25, 0.3) is 0 Å². The van der Waals surface area contributed by atoms with Crippen molar-refractivity contribution in [3.05, 3.63) is 33.8 Å². The first-order chi connectivity index (χ1) is 11.0. The summed E-state index contributed by atoms with van der Waals surface area (Å²) in [6.45, 7) is 3.91. The fourth-order valence-electron chi connectivity index (χ4n) is 3.75. The zero-order valence-electron chi connectivity index (χ0n) is 13.6. The van der Waals surface area contributed by atoms with E-state index in [4.69, 9.17) is 23.2 Å². The fraction of sp³-hybridized carbons (Fsp3) is 0.588. The van der Waals surface area contributed by atoms with Crippen LogP contribution in [0.2, 0.25) is 10.0 Å². The minimum atomic E-state index is 0.182. The van der Waals surface area contributed by atoms with Crippen LogP contribution < -0.4 is 0 Å². The van der Waals surface area contributed by atoms with Gasteiger partial charge in [0.05, 0.1) is 22.5 Å². The van der Waals surface area contributed by atoms with Gasteiger partial charge in [-0.1, -0.05) is 29.3 Å². The van der Waals surface area contributed by atoms with Crippen LogP contribution in [0.1, 0.15) is 12.0 Å². The lowest BCUT2D eigenvalue weighted by molar-refractivity contribution is -0.139. The average Bonchev–Trinajstić information content (AvgIpc) is 2.51. The molecule has 2 saturated heterocycles. The summed E-state index contributed by atoms with van der Waals surface area (Å²) in [5.41, 5.74) is 0.920. The van der Waals surface area contributed by atoms with Crippen molar-refractivity contribution in [1.29, 1.82) is 0 Å². The Morgan fingerprint density at radius 2 is 2.00 bits per heavy atom. The van der Waals surface area contributed by atoms with Crippen molar-refractivity contribution in [3.8, 4) is 0 Å². The number of rotatable bonds is 3. The minimum absolute atomic E-state index is 0.182. The average molecular weight is 356 g/mol. The summed E-state index contributed by atoms with van der Waals surface area (Å²) in [6.07, 6.45) is 1.50. The number of piperidine rings is 1. The number of nitrogens with zero attached hydrogens (tertiary/aromatic N) is 3. The predicted octanol–water partition coefficient (Wildman–Crippen LogP) is 2.38. The zero-order chi connectivity index (χ0) is 16.6. The highest BCUT2D eigenvalue weighted by atomic mass is 35.5. The summed E-state index contributed by atoms with van der Waals surface area (Å²) < 4.78 is 0. The van der Waals surface area contributed by atoms with Crippen molar-refractivity contribution in [3.63, 3.8) is 0 Å². The molecule has 2 aliphatic rings. The molecule has 1 aromatic carbocycles. The number of fused-ring (bicyclic) bond motifs is 2. The van der Waals surface area contributed by atoms with E-state index in [2.05, 4.69) is 28.8 Å². The van der Waals surface area contributed by atoms with Gasteiger partial charge >= 0.3 is 0 Å². The van der Waals surface area contributed by atoms with E-state index >= 15 is 0 Å². The molecule has 1 amide bonds. The number of likely N-dealkylation sites (N-methyl/N-ethyl adjacent to an activating group) is 1. The number of carbonyl (C=O) groups excluding carboxylic acids is 1. The number of hydrogen-bond donors (Lipinski definition) is 0. The molecule has 0 aliphatic carbocycles. The first-order valence-electron chi connectivity index (χ1n) is 8.08. The summed E-state index contributed by atoms with van der Waals surface area (Å²) in [4.78, 5) is 19.6. The lowest BCUT2D eigenvalue weighted by Crippen LogP contribution is -2.65. The largest absolute Gasteiger partial charge is 0.335 e. The molecule has 2 fully saturated rings. The lowest BCUT2D eigenvalue weighted by Gasteiger charge is -2.50. The van der Waals surface area contributed by atoms with Crippen LogP contribution in [-0.2, 0) is 11.2 Å². The predicted molar refractivity (Wildman–Crippen MR) is 94.2 cm³/mol. The number of benzene rings is 1. The van der Waals surface area contributed by atoms with E-state index in [-0.39, 0.29) is 11.9 Å². The molecule has 0 spiro atoms. The molecule has 23 heavy (non-hydrogen) atoms. The Kier molecular flexibility index (Phi) is 5.16. The van der Waals surface area contributed by atoms with Crippen LogP contribution in [0.25, 0.3) is 0 Å². The van der Waals surface area contributed by atoms with Crippen LogP contribution in [0.4, 0.5) is 0 Å². The Hall–Kier alpha value is -0.810. The maximum atomic E-state index is 12.8. The van der Waals surface area contributed by atoms with E-state index in [1.54, 1.807) is 12.1 Å². The number of hydrogen-bond acceptors (Lipinski definition) is 3. The second-order valence-corrected chi connectivity index (χ2v) is 7.51. The molecule has 2 aliphatic heterocycles. The van der Waals surface area contributed by atoms with E-state index in [1.807, 2.05) is 6.07 Å². The lowest BCUT2D eigenvalue weighted by atomic mass is 9.93. The maximum absolute atomic E-state index is 12.8. The summed E-state index contributed by atoms with van der Waals surface area (Å²) >= 11 is 12.0. The first kappa shape index (κ1) is 17.0. The maximum Gasteiger partial charge on any atom is 0.227 e. The Bertz CT molecular complexity index is 593. The zero-order valence-corrected chi connectivity index (χ0v) is 15.1. The molecule has 0 aromatic heterocycles. The molecule has 2 bridgehead atoms. The Morgan fingerprint density at radius 1 is 1.22 bits per heavy atom. The Labute approximate surface area is 147 Å². The van der Waals surface area contributed by atoms with Crippen molar-refractivity contribution < 1.29 is 4.79 Å². The third-order valence-electron chi connectivity index (χ3n) is 5.01. The fourth-order valence-corrected chi connectivity index (χ4v) is 4.07. The summed E-state index contributed by atoms with van der Waals surface area (Å²) in [5.74, 6) is 0.182. The van der Waals surface area contributed by atoms with Crippen molar-refractivity contribution in [2.75, 3.05) is 40.3 Å². The topological polar surface area (TPSA) is 26.8 Å². The van der Waals surface area contributed by atoms with Crippen molar-refractivity contribution >= 4 is 29.1 Å². The molecular formula is C17H23Cl2N3O. The highest BCUT2D eigenvalue weighted by Crippen LogP contribution is 2.26. The monoisotopic (exact) mass is 355 g/mol. The second-order valence-electron chi connectivity index (χ2n) is 6.70. The molecule has 0 saturated carbocycles. The van der Waals surface area contributed by atoms with Crippen LogP contribution in [0.5, 0.6) is 0 Å². The third kappa shape index (κ3) is 3.66. The van der Waals surface area contributed by atoms with E-state index < -0.39 is 0 Å². The van der Waals surface area contributed by atoms with Crippen molar-refractivity contribution in [2.45, 2.75) is 24.9 Å². The summed E-state index contributed by atoms with van der Waals surface area (Å²) in [5, 5.41) is 1.03. The van der Waals surface area contributed by atoms with Gasteiger partial charge in [-0.3, -0.25) is 9.69 Å². The quantitative estimate of drug-likeness (QED) is 0.832. The molecule has 2 unspecified atom stereocenters. The van der Waals surface area contributed by atoms with Crippen molar-refractivity contribution in [2.24, 2.45) is 0 Å². The molecule has 3 rings (SSSR count). The van der Waals surface area contributed by atoms with Crippen LogP contribution in [0.3, 0.4) is 0 Å². The first-order valence-corrected chi connectivity index (χ1v) is 8.83. The highest BCUT2D eigenvalue weighted by molar-refractivity contribution is 6.42. The van der Waals surface area contributed by atoms with Crippen molar-refractivity contribution in [1.82, 2.24) is 14.7 Å². The molecule has 3 atom stereocenters. The number of amides is 1. The van der Waals surface area contributed by atoms with Crippen LogP contribution in [0.15, 0.2) is 18.2 Å². The summed E-state index contributed by atoms with van der Waals surface area (Å²) in [7, 11) is 4.22. The van der Waals surface area contributed by atoms with E-state index in [1.165, 1.54) is 0 Å². The molecule has 126 valence electrons. The number of piperazine rings is 1. The smallest absolute Gasteiger partial charge is 0.227 e. The second kappa shape index (κ2) is 6.98. The van der Waals surface area contributed by atoms with Crippen LogP contribution >= 0.6 is 23.2 Å². The summed E-state index contributed by atoms with van der Waals surface area (Å²) in [6, 6.07) is 6.15. The van der Waals surface area contributed by atoms with Gasteiger partial charge in [-0.25, -0.2) is 0 Å². The van der Waals surface area contributed by atoms with E-state index in [0.717, 1.165) is 38.2 Å². The Balaban J connectivity index is 1.73. The van der Waals surface area contributed by atoms with Gasteiger partial charge in [0.2, 0.25) is 5.91 Å². The van der Waals surface area contributed by atoms with Crippen LogP contribution in [-0.4, -0.2) is 73.0 Å². The molecule has 4 nitrogen and oxygen atoms in total. The van der Waals surface area contributed by atoms with Gasteiger partial charge in [-0.15, -0.1) is 0 Å². The van der Waals surface area contributed by atoms with Gasteiger partial charge in [-0.2, -0.15) is 0 Å². The van der Waals surface area contributed by atoms with E-state index in [9.17, 15) is 4.79 Å². The molecular weight excluding hydrogens is 333 g/mol. The third-order valence-corrected chi connectivity index (χ3v) is 5.75. The Morgan fingerprint density at radius 3 is 2.70 bits per heavy atom. The number of halogens is 2. The van der Waals surface area contributed by atoms with Gasteiger partial charge in [0.15, 0.2) is 0 Å². The van der Waals surface area contributed by atoms with Gasteiger partial charge < -0.3 is 9.80 Å². The molecule has 1 aromatic rings. The molecule has 0 radical (unpaired) electrons. The number of carbonyl (C=O) groups is 1. The van der Waals surface area contributed by atoms with Gasteiger partial charge in [0.1, 0.15) is 0 Å². The highest BCUT2D eigenvalue weighted by Gasteiger charge is 2.39. The SMILES string of the molecule is CN(C)[C@H]1CCN2CCN(C(=O)Cc3ccc(Cl)c(Cl)c3)C1C2. The molecule has 2 heterocycles.